The lowest BCUT2D eigenvalue weighted by Gasteiger charge is -2.12. The molecule has 0 aliphatic carbocycles. The van der Waals surface area contributed by atoms with E-state index in [1.165, 1.54) is 21.9 Å². The van der Waals surface area contributed by atoms with Crippen LogP contribution in [0.3, 0.4) is 0 Å². The van der Waals surface area contributed by atoms with Crippen molar-refractivity contribution in [3.05, 3.63) is 96.2 Å². The summed E-state index contributed by atoms with van der Waals surface area (Å²) in [5, 5.41) is 2.54. The largest absolute Gasteiger partial charge is 0.318 e. The van der Waals surface area contributed by atoms with E-state index in [1.54, 1.807) is 6.20 Å². The van der Waals surface area contributed by atoms with Crippen molar-refractivity contribution in [3.8, 4) is 11.4 Å². The van der Waals surface area contributed by atoms with Crippen molar-refractivity contribution in [2.75, 3.05) is 0 Å². The summed E-state index contributed by atoms with van der Waals surface area (Å²) in [6, 6.07) is 27.6. The Hall–Kier alpha value is -3.46. The van der Waals surface area contributed by atoms with Crippen LogP contribution in [0.1, 0.15) is 11.1 Å². The predicted octanol–water partition coefficient (Wildman–Crippen LogP) is 5.61. The first kappa shape index (κ1) is 15.8. The van der Waals surface area contributed by atoms with Gasteiger partial charge in [0.05, 0.1) is 12.1 Å². The van der Waals surface area contributed by atoms with Crippen LogP contribution in [0.25, 0.3) is 33.3 Å². The number of benzene rings is 3. The number of aryl methyl sites for hydroxylation is 1. The second-order valence-electron chi connectivity index (χ2n) is 6.87. The molecule has 2 aromatic heterocycles. The van der Waals surface area contributed by atoms with Crippen molar-refractivity contribution in [2.24, 2.45) is 0 Å². The first-order valence-corrected chi connectivity index (χ1v) is 9.14. The van der Waals surface area contributed by atoms with Gasteiger partial charge in [-0.3, -0.25) is 0 Å². The molecule has 3 nitrogen and oxygen atoms in total. The van der Waals surface area contributed by atoms with E-state index in [1.807, 2.05) is 6.07 Å². The molecule has 5 aromatic rings. The zero-order valence-corrected chi connectivity index (χ0v) is 15.1. The third-order valence-electron chi connectivity index (χ3n) is 5.04. The van der Waals surface area contributed by atoms with E-state index in [2.05, 4.69) is 89.3 Å². The minimum atomic E-state index is 0.757. The van der Waals surface area contributed by atoms with Gasteiger partial charge >= 0.3 is 0 Å². The van der Waals surface area contributed by atoms with Gasteiger partial charge in [0.1, 0.15) is 5.82 Å². The molecule has 0 aliphatic rings. The van der Waals surface area contributed by atoms with Gasteiger partial charge in [0.25, 0.3) is 0 Å². The minimum Gasteiger partial charge on any atom is -0.318 e. The number of aromatic nitrogens is 3. The van der Waals surface area contributed by atoms with Gasteiger partial charge in [0.15, 0.2) is 5.65 Å². The molecule has 3 heteroatoms. The van der Waals surface area contributed by atoms with Crippen molar-refractivity contribution in [2.45, 2.75) is 13.5 Å². The second-order valence-corrected chi connectivity index (χ2v) is 6.87. The summed E-state index contributed by atoms with van der Waals surface area (Å²) in [4.78, 5) is 9.32. The van der Waals surface area contributed by atoms with Crippen LogP contribution in [0, 0.1) is 6.92 Å². The maximum absolute atomic E-state index is 4.84. The van der Waals surface area contributed by atoms with Crippen LogP contribution in [0.4, 0.5) is 0 Å². The highest BCUT2D eigenvalue weighted by atomic mass is 15.1. The van der Waals surface area contributed by atoms with E-state index in [4.69, 9.17) is 4.98 Å². The molecule has 27 heavy (non-hydrogen) atoms. The van der Waals surface area contributed by atoms with Crippen molar-refractivity contribution in [1.29, 1.82) is 0 Å². The highest BCUT2D eigenvalue weighted by Gasteiger charge is 2.14. The van der Waals surface area contributed by atoms with Crippen LogP contribution >= 0.6 is 0 Å². The first-order valence-electron chi connectivity index (χ1n) is 9.14. The van der Waals surface area contributed by atoms with E-state index in [0.29, 0.717) is 0 Å². The molecule has 0 atom stereocenters. The van der Waals surface area contributed by atoms with Crippen molar-refractivity contribution in [1.82, 2.24) is 14.5 Å². The SMILES string of the molecule is Cc1ccc(-c2nc3ncccc3n2Cc2cccc3ccccc23)cc1. The quantitative estimate of drug-likeness (QED) is 0.424. The molecule has 0 amide bonds. The molecule has 3 aromatic carbocycles. The minimum absolute atomic E-state index is 0.757. The second kappa shape index (κ2) is 6.36. The lowest BCUT2D eigenvalue weighted by Crippen LogP contribution is -2.03. The van der Waals surface area contributed by atoms with Gasteiger partial charge < -0.3 is 4.57 Å². The Morgan fingerprint density at radius 1 is 0.815 bits per heavy atom. The number of nitrogens with zero attached hydrogens (tertiary/aromatic N) is 3. The summed E-state index contributed by atoms with van der Waals surface area (Å²) >= 11 is 0. The van der Waals surface area contributed by atoms with Crippen LogP contribution in [-0.4, -0.2) is 14.5 Å². The molecule has 130 valence electrons. The van der Waals surface area contributed by atoms with E-state index < -0.39 is 0 Å². The fourth-order valence-corrected chi connectivity index (χ4v) is 3.64. The molecule has 0 unspecified atom stereocenters. The molecular formula is C24H19N3. The van der Waals surface area contributed by atoms with E-state index in [0.717, 1.165) is 29.1 Å². The molecule has 0 aliphatic heterocycles. The highest BCUT2D eigenvalue weighted by molar-refractivity contribution is 5.86. The zero-order valence-electron chi connectivity index (χ0n) is 15.1. The number of hydrogen-bond donors (Lipinski definition) is 0. The van der Waals surface area contributed by atoms with Crippen LogP contribution < -0.4 is 0 Å². The zero-order chi connectivity index (χ0) is 18.2. The Balaban J connectivity index is 1.72. The Bertz CT molecular complexity index is 1240. The monoisotopic (exact) mass is 349 g/mol. The van der Waals surface area contributed by atoms with Gasteiger partial charge in [-0.2, -0.15) is 0 Å². The Labute approximate surface area is 157 Å². The Kier molecular flexibility index (Phi) is 3.72. The number of imidazole rings is 1. The molecule has 0 spiro atoms. The summed E-state index contributed by atoms with van der Waals surface area (Å²) in [5.41, 5.74) is 5.48. The lowest BCUT2D eigenvalue weighted by atomic mass is 10.0. The van der Waals surface area contributed by atoms with Gasteiger partial charge in [-0.15, -0.1) is 0 Å². The number of rotatable bonds is 3. The maximum Gasteiger partial charge on any atom is 0.178 e. The number of fused-ring (bicyclic) bond motifs is 2. The maximum atomic E-state index is 4.84. The molecule has 0 fully saturated rings. The molecule has 5 rings (SSSR count). The van der Waals surface area contributed by atoms with E-state index >= 15 is 0 Å². The fourth-order valence-electron chi connectivity index (χ4n) is 3.64. The molecule has 0 saturated carbocycles. The molecule has 0 radical (unpaired) electrons. The number of hydrogen-bond acceptors (Lipinski definition) is 2. The fraction of sp³-hybridized carbons (Fsp3) is 0.0833. The third kappa shape index (κ3) is 2.77. The van der Waals surface area contributed by atoms with Crippen LogP contribution in [-0.2, 0) is 6.54 Å². The Morgan fingerprint density at radius 3 is 2.52 bits per heavy atom. The summed E-state index contributed by atoms with van der Waals surface area (Å²) in [7, 11) is 0. The standard InChI is InChI=1S/C24H19N3/c1-17-11-13-19(14-12-17)24-26-23-22(10-5-15-25-23)27(24)16-20-8-4-7-18-6-2-3-9-21(18)20/h2-15H,16H2,1H3. The van der Waals surface area contributed by atoms with Gasteiger partial charge in [-0.1, -0.05) is 72.3 Å². The molecule has 0 saturated heterocycles. The lowest BCUT2D eigenvalue weighted by molar-refractivity contribution is 0.840. The van der Waals surface area contributed by atoms with E-state index in [-0.39, 0.29) is 0 Å². The number of pyridine rings is 1. The van der Waals surface area contributed by atoms with Crippen molar-refractivity contribution < 1.29 is 0 Å². The van der Waals surface area contributed by atoms with Gasteiger partial charge in [0.2, 0.25) is 0 Å². The molecule has 0 N–H and O–H groups in total. The van der Waals surface area contributed by atoms with Gasteiger partial charge in [-0.25, -0.2) is 9.97 Å². The summed E-state index contributed by atoms with van der Waals surface area (Å²) in [6.07, 6.45) is 1.80. The molecule has 0 bridgehead atoms. The predicted molar refractivity (Wildman–Crippen MR) is 111 cm³/mol. The van der Waals surface area contributed by atoms with Crippen LogP contribution in [0.2, 0.25) is 0 Å². The molecule has 2 heterocycles. The molecular weight excluding hydrogens is 330 g/mol. The van der Waals surface area contributed by atoms with E-state index in [9.17, 15) is 0 Å². The van der Waals surface area contributed by atoms with Crippen LogP contribution in [0.5, 0.6) is 0 Å². The summed E-state index contributed by atoms with van der Waals surface area (Å²) in [5.74, 6) is 0.955. The third-order valence-corrected chi connectivity index (χ3v) is 5.04. The smallest absolute Gasteiger partial charge is 0.178 e. The summed E-state index contributed by atoms with van der Waals surface area (Å²) < 4.78 is 2.27. The van der Waals surface area contributed by atoms with Crippen LogP contribution in [0.15, 0.2) is 85.1 Å². The van der Waals surface area contributed by atoms with Gasteiger partial charge in [0, 0.05) is 11.8 Å². The Morgan fingerprint density at radius 2 is 1.63 bits per heavy atom. The summed E-state index contributed by atoms with van der Waals surface area (Å²) in [6.45, 7) is 2.86. The average Bonchev–Trinajstić information content (AvgIpc) is 3.07. The normalized spacial score (nSPS) is 11.3. The first-order chi connectivity index (χ1) is 13.3. The topological polar surface area (TPSA) is 30.7 Å². The average molecular weight is 349 g/mol. The van der Waals surface area contributed by atoms with Crippen molar-refractivity contribution >= 4 is 21.9 Å². The van der Waals surface area contributed by atoms with Gasteiger partial charge in [-0.05, 0) is 35.4 Å². The van der Waals surface area contributed by atoms with Crippen molar-refractivity contribution in [3.63, 3.8) is 0 Å². The highest BCUT2D eigenvalue weighted by Crippen LogP contribution is 2.27.